The normalized spacial score (nSPS) is 15.2. The van der Waals surface area contributed by atoms with Gasteiger partial charge in [0.1, 0.15) is 11.8 Å². The predicted molar refractivity (Wildman–Crippen MR) is 70.5 cm³/mol. The molecule has 18 heavy (non-hydrogen) atoms. The molecule has 0 bridgehead atoms. The van der Waals surface area contributed by atoms with E-state index in [1.807, 2.05) is 18.2 Å². The number of benzene rings is 1. The van der Waals surface area contributed by atoms with Gasteiger partial charge in [0.05, 0.1) is 12.7 Å². The van der Waals surface area contributed by atoms with Gasteiger partial charge >= 0.3 is 0 Å². The summed E-state index contributed by atoms with van der Waals surface area (Å²) in [5, 5.41) is 12.2. The fourth-order valence-corrected chi connectivity index (χ4v) is 2.19. The summed E-state index contributed by atoms with van der Waals surface area (Å²) in [5.74, 6) is 0.665. The second-order valence-electron chi connectivity index (χ2n) is 4.52. The zero-order valence-corrected chi connectivity index (χ0v) is 10.9. The van der Waals surface area contributed by atoms with Crippen molar-refractivity contribution in [1.82, 2.24) is 10.2 Å². The first kappa shape index (κ1) is 12.9. The lowest BCUT2D eigenvalue weighted by Crippen LogP contribution is -2.56. The van der Waals surface area contributed by atoms with Crippen molar-refractivity contribution in [2.75, 3.05) is 26.7 Å². The second kappa shape index (κ2) is 5.85. The van der Waals surface area contributed by atoms with Gasteiger partial charge in [0.25, 0.3) is 0 Å². The van der Waals surface area contributed by atoms with E-state index in [1.54, 1.807) is 7.11 Å². The molecule has 4 nitrogen and oxygen atoms in total. The molecule has 1 saturated heterocycles. The van der Waals surface area contributed by atoms with Crippen LogP contribution in [0.5, 0.6) is 5.75 Å². The average molecular weight is 245 g/mol. The standard InChI is InChI=1S/C14H19N3O/c1-3-17(13-8-16-9-13)10-11-4-5-12(7-15)14(6-11)18-2/h4-6,13,16H,3,8-10H2,1-2H3. The number of likely N-dealkylation sites (N-methyl/N-ethyl adjacent to an activating group) is 1. The Kier molecular flexibility index (Phi) is 4.19. The van der Waals surface area contributed by atoms with Crippen molar-refractivity contribution >= 4 is 0 Å². The van der Waals surface area contributed by atoms with Gasteiger partial charge in [-0.1, -0.05) is 13.0 Å². The third-order valence-corrected chi connectivity index (χ3v) is 3.45. The molecular weight excluding hydrogens is 226 g/mol. The summed E-state index contributed by atoms with van der Waals surface area (Å²) in [5.41, 5.74) is 1.79. The van der Waals surface area contributed by atoms with Gasteiger partial charge in [-0.05, 0) is 24.2 Å². The number of nitrogens with zero attached hydrogens (tertiary/aromatic N) is 2. The summed E-state index contributed by atoms with van der Waals surface area (Å²) in [6, 6.07) is 8.58. The van der Waals surface area contributed by atoms with Gasteiger partial charge in [0.2, 0.25) is 0 Å². The van der Waals surface area contributed by atoms with Gasteiger partial charge in [-0.15, -0.1) is 0 Å². The largest absolute Gasteiger partial charge is 0.495 e. The van der Waals surface area contributed by atoms with Crippen LogP contribution in [0.2, 0.25) is 0 Å². The molecule has 0 aromatic heterocycles. The topological polar surface area (TPSA) is 48.3 Å². The number of nitriles is 1. The van der Waals surface area contributed by atoms with Gasteiger partial charge in [-0.2, -0.15) is 5.26 Å². The van der Waals surface area contributed by atoms with Crippen molar-refractivity contribution in [3.05, 3.63) is 29.3 Å². The molecule has 0 radical (unpaired) electrons. The molecule has 1 aliphatic heterocycles. The first-order valence-corrected chi connectivity index (χ1v) is 6.30. The van der Waals surface area contributed by atoms with E-state index in [9.17, 15) is 0 Å². The van der Waals surface area contributed by atoms with Gasteiger partial charge in [0, 0.05) is 25.7 Å². The molecule has 1 N–H and O–H groups in total. The van der Waals surface area contributed by atoms with Gasteiger partial charge in [0.15, 0.2) is 0 Å². The van der Waals surface area contributed by atoms with Crippen molar-refractivity contribution in [1.29, 1.82) is 5.26 Å². The molecule has 0 atom stereocenters. The Labute approximate surface area is 108 Å². The van der Waals surface area contributed by atoms with Gasteiger partial charge < -0.3 is 10.1 Å². The summed E-state index contributed by atoms with van der Waals surface area (Å²) < 4.78 is 5.24. The van der Waals surface area contributed by atoms with Crippen molar-refractivity contribution in [3.63, 3.8) is 0 Å². The smallest absolute Gasteiger partial charge is 0.136 e. The van der Waals surface area contributed by atoms with Crippen LogP contribution in [0.1, 0.15) is 18.1 Å². The summed E-state index contributed by atoms with van der Waals surface area (Å²) in [4.78, 5) is 2.44. The molecule has 0 spiro atoms. The highest BCUT2D eigenvalue weighted by atomic mass is 16.5. The molecule has 0 unspecified atom stereocenters. The lowest BCUT2D eigenvalue weighted by Gasteiger charge is -2.37. The van der Waals surface area contributed by atoms with Crippen LogP contribution in [0.25, 0.3) is 0 Å². The van der Waals surface area contributed by atoms with Crippen LogP contribution < -0.4 is 10.1 Å². The molecule has 4 heteroatoms. The Bertz CT molecular complexity index is 449. The molecule has 1 heterocycles. The molecule has 96 valence electrons. The first-order chi connectivity index (χ1) is 8.78. The van der Waals surface area contributed by atoms with Crippen molar-refractivity contribution in [3.8, 4) is 11.8 Å². The SMILES string of the molecule is CCN(Cc1ccc(C#N)c(OC)c1)C1CNC1. The third-order valence-electron chi connectivity index (χ3n) is 3.45. The highest BCUT2D eigenvalue weighted by Gasteiger charge is 2.23. The maximum atomic E-state index is 8.96. The summed E-state index contributed by atoms with van der Waals surface area (Å²) in [6.07, 6.45) is 0. The lowest BCUT2D eigenvalue weighted by molar-refractivity contribution is 0.145. The summed E-state index contributed by atoms with van der Waals surface area (Å²) >= 11 is 0. The molecular formula is C14H19N3O. The fraction of sp³-hybridized carbons (Fsp3) is 0.500. The molecule has 0 aliphatic carbocycles. The quantitative estimate of drug-likeness (QED) is 0.851. The average Bonchev–Trinajstić information content (AvgIpc) is 2.35. The number of nitrogens with one attached hydrogen (secondary N) is 1. The second-order valence-corrected chi connectivity index (χ2v) is 4.52. The molecule has 1 aromatic rings. The third kappa shape index (κ3) is 2.63. The highest BCUT2D eigenvalue weighted by molar-refractivity contribution is 5.45. The number of rotatable bonds is 5. The Balaban J connectivity index is 2.10. The van der Waals surface area contributed by atoms with Gasteiger partial charge in [-0.3, -0.25) is 4.90 Å². The van der Waals surface area contributed by atoms with Crippen LogP contribution in [-0.2, 0) is 6.54 Å². The van der Waals surface area contributed by atoms with E-state index in [1.165, 1.54) is 5.56 Å². The Morgan fingerprint density at radius 3 is 2.78 bits per heavy atom. The van der Waals surface area contributed by atoms with E-state index < -0.39 is 0 Å². The first-order valence-electron chi connectivity index (χ1n) is 6.30. The van der Waals surface area contributed by atoms with Crippen LogP contribution in [0.3, 0.4) is 0 Å². The molecule has 1 aliphatic rings. The van der Waals surface area contributed by atoms with Crippen LogP contribution in [0, 0.1) is 11.3 Å². The Morgan fingerprint density at radius 1 is 1.50 bits per heavy atom. The molecule has 2 rings (SSSR count). The number of ether oxygens (including phenoxy) is 1. The highest BCUT2D eigenvalue weighted by Crippen LogP contribution is 2.21. The minimum absolute atomic E-state index is 0.592. The molecule has 0 saturated carbocycles. The predicted octanol–water partition coefficient (Wildman–Crippen LogP) is 1.36. The number of hydrogen-bond acceptors (Lipinski definition) is 4. The minimum Gasteiger partial charge on any atom is -0.495 e. The zero-order chi connectivity index (χ0) is 13.0. The maximum Gasteiger partial charge on any atom is 0.136 e. The van der Waals surface area contributed by atoms with E-state index in [0.717, 1.165) is 26.2 Å². The van der Waals surface area contributed by atoms with Crippen LogP contribution >= 0.6 is 0 Å². The lowest BCUT2D eigenvalue weighted by atomic mass is 10.1. The zero-order valence-electron chi connectivity index (χ0n) is 10.9. The van der Waals surface area contributed by atoms with Crippen LogP contribution in [-0.4, -0.2) is 37.7 Å². The molecule has 1 aromatic carbocycles. The van der Waals surface area contributed by atoms with Crippen molar-refractivity contribution in [2.24, 2.45) is 0 Å². The van der Waals surface area contributed by atoms with Crippen LogP contribution in [0.4, 0.5) is 0 Å². The molecule has 1 fully saturated rings. The van der Waals surface area contributed by atoms with E-state index >= 15 is 0 Å². The van der Waals surface area contributed by atoms with Gasteiger partial charge in [-0.25, -0.2) is 0 Å². The van der Waals surface area contributed by atoms with Crippen LogP contribution in [0.15, 0.2) is 18.2 Å². The molecule has 0 amide bonds. The minimum atomic E-state index is 0.592. The summed E-state index contributed by atoms with van der Waals surface area (Å²) in [6.45, 7) is 6.27. The fourth-order valence-electron chi connectivity index (χ4n) is 2.19. The van der Waals surface area contributed by atoms with Crippen molar-refractivity contribution < 1.29 is 4.74 Å². The van der Waals surface area contributed by atoms with E-state index in [0.29, 0.717) is 17.4 Å². The van der Waals surface area contributed by atoms with E-state index in [2.05, 4.69) is 23.2 Å². The monoisotopic (exact) mass is 245 g/mol. The summed E-state index contributed by atoms with van der Waals surface area (Å²) in [7, 11) is 1.60. The Hall–Kier alpha value is -1.57. The maximum absolute atomic E-state index is 8.96. The number of methoxy groups -OCH3 is 1. The Morgan fingerprint density at radius 2 is 2.28 bits per heavy atom. The van der Waals surface area contributed by atoms with E-state index in [-0.39, 0.29) is 0 Å². The van der Waals surface area contributed by atoms with E-state index in [4.69, 9.17) is 10.00 Å². The van der Waals surface area contributed by atoms with Crippen molar-refractivity contribution in [2.45, 2.75) is 19.5 Å². The number of hydrogen-bond donors (Lipinski definition) is 1.